The highest BCUT2D eigenvalue weighted by Crippen LogP contribution is 2.24. The highest BCUT2D eigenvalue weighted by molar-refractivity contribution is 7.89. The van der Waals surface area contributed by atoms with Crippen molar-refractivity contribution in [1.82, 2.24) is 30.3 Å². The number of rotatable bonds is 6. The first-order valence-electron chi connectivity index (χ1n) is 8.99. The Morgan fingerprint density at radius 1 is 1.29 bits per heavy atom. The Bertz CT molecular complexity index is 952. The van der Waals surface area contributed by atoms with Crippen molar-refractivity contribution < 1.29 is 13.2 Å². The molecule has 0 radical (unpaired) electrons. The second-order valence-electron chi connectivity index (χ2n) is 7.12. The van der Waals surface area contributed by atoms with Crippen molar-refractivity contribution in [3.05, 3.63) is 47.3 Å². The topological polar surface area (TPSA) is 108 Å². The maximum atomic E-state index is 12.5. The zero-order chi connectivity index (χ0) is 20.5. The molecule has 152 valence electrons. The summed E-state index contributed by atoms with van der Waals surface area (Å²) in [6.07, 6.45) is 2.58. The monoisotopic (exact) mass is 406 g/mol. The van der Waals surface area contributed by atoms with Crippen LogP contribution in [-0.4, -0.2) is 48.5 Å². The highest BCUT2D eigenvalue weighted by Gasteiger charge is 2.31. The van der Waals surface area contributed by atoms with Crippen LogP contribution in [0.15, 0.2) is 35.4 Å². The maximum Gasteiger partial charge on any atom is 0.242 e. The summed E-state index contributed by atoms with van der Waals surface area (Å²) in [6.45, 7) is 2.28. The van der Waals surface area contributed by atoms with E-state index in [1.54, 1.807) is 28.9 Å². The first kappa shape index (κ1) is 20.5. The molecule has 28 heavy (non-hydrogen) atoms. The highest BCUT2D eigenvalue weighted by atomic mass is 32.2. The van der Waals surface area contributed by atoms with Crippen molar-refractivity contribution in [1.29, 1.82) is 0 Å². The molecule has 2 aromatic rings. The smallest absolute Gasteiger partial charge is 0.242 e. The van der Waals surface area contributed by atoms with Gasteiger partial charge in [-0.3, -0.25) is 9.48 Å². The largest absolute Gasteiger partial charge is 0.351 e. The standard InChI is InChI=1S/C18H26N6O3S/c1-12-15(11-24(4)22-12)16-9-17(21-20-16)18(25)19-10-13-5-7-14(8-6-13)28(26,27)23(2)3/h5-8,11,16-17,20-21H,9-10H2,1-4H3,(H,19,25). The zero-order valence-corrected chi connectivity index (χ0v) is 17.2. The van der Waals surface area contributed by atoms with E-state index in [4.69, 9.17) is 0 Å². The van der Waals surface area contributed by atoms with Crippen molar-refractivity contribution in [2.45, 2.75) is 36.9 Å². The van der Waals surface area contributed by atoms with Gasteiger partial charge in [0.25, 0.3) is 0 Å². The molecule has 9 nitrogen and oxygen atoms in total. The summed E-state index contributed by atoms with van der Waals surface area (Å²) in [4.78, 5) is 12.7. The van der Waals surface area contributed by atoms with Gasteiger partial charge in [-0.05, 0) is 31.0 Å². The van der Waals surface area contributed by atoms with E-state index in [0.717, 1.165) is 16.8 Å². The molecule has 10 heteroatoms. The van der Waals surface area contributed by atoms with Gasteiger partial charge >= 0.3 is 0 Å². The van der Waals surface area contributed by atoms with Crippen LogP contribution in [0.2, 0.25) is 0 Å². The van der Waals surface area contributed by atoms with Gasteiger partial charge < -0.3 is 5.32 Å². The fraction of sp³-hybridized carbons (Fsp3) is 0.444. The molecule has 2 unspecified atom stereocenters. The lowest BCUT2D eigenvalue weighted by molar-refractivity contribution is -0.123. The molecule has 1 saturated heterocycles. The third-order valence-corrected chi connectivity index (χ3v) is 6.64. The van der Waals surface area contributed by atoms with E-state index in [9.17, 15) is 13.2 Å². The lowest BCUT2D eigenvalue weighted by atomic mass is 10.0. The number of aromatic nitrogens is 2. The Balaban J connectivity index is 1.55. The number of nitrogens with zero attached hydrogens (tertiary/aromatic N) is 3. The number of hydrazine groups is 1. The fourth-order valence-electron chi connectivity index (χ4n) is 3.19. The average Bonchev–Trinajstić information content (AvgIpc) is 3.26. The molecule has 3 N–H and O–H groups in total. The van der Waals surface area contributed by atoms with Crippen LogP contribution in [0.25, 0.3) is 0 Å². The van der Waals surface area contributed by atoms with Gasteiger partial charge in [-0.2, -0.15) is 5.10 Å². The minimum absolute atomic E-state index is 0.0278. The van der Waals surface area contributed by atoms with E-state index < -0.39 is 10.0 Å². The summed E-state index contributed by atoms with van der Waals surface area (Å²) < 4.78 is 27.1. The molecular weight excluding hydrogens is 380 g/mol. The minimum atomic E-state index is -3.45. The zero-order valence-electron chi connectivity index (χ0n) is 16.4. The Hall–Kier alpha value is -2.27. The van der Waals surface area contributed by atoms with Crippen LogP contribution in [0.4, 0.5) is 0 Å². The quantitative estimate of drug-likeness (QED) is 0.633. The fourth-order valence-corrected chi connectivity index (χ4v) is 4.10. The van der Waals surface area contributed by atoms with Crippen LogP contribution in [0, 0.1) is 6.92 Å². The van der Waals surface area contributed by atoms with Gasteiger partial charge in [0.2, 0.25) is 15.9 Å². The van der Waals surface area contributed by atoms with Crippen LogP contribution in [0.1, 0.15) is 29.3 Å². The van der Waals surface area contributed by atoms with E-state index in [1.807, 2.05) is 20.2 Å². The number of nitrogens with one attached hydrogen (secondary N) is 3. The first-order valence-corrected chi connectivity index (χ1v) is 10.4. The number of carbonyl (C=O) groups is 1. The Labute approximate surface area is 165 Å². The molecule has 0 bridgehead atoms. The molecule has 1 aromatic carbocycles. The SMILES string of the molecule is Cc1nn(C)cc1C1CC(C(=O)NCc2ccc(S(=O)(=O)N(C)C)cc2)NN1. The predicted octanol–water partition coefficient (Wildman–Crippen LogP) is 0.203. The number of benzene rings is 1. The van der Waals surface area contributed by atoms with Crippen molar-refractivity contribution in [3.8, 4) is 0 Å². The van der Waals surface area contributed by atoms with Crippen molar-refractivity contribution >= 4 is 15.9 Å². The average molecular weight is 407 g/mol. The van der Waals surface area contributed by atoms with Crippen LogP contribution in [-0.2, 0) is 28.4 Å². The number of hydrogen-bond acceptors (Lipinski definition) is 6. The van der Waals surface area contributed by atoms with E-state index in [2.05, 4.69) is 21.3 Å². The maximum absolute atomic E-state index is 12.5. The summed E-state index contributed by atoms with van der Waals surface area (Å²) in [5, 5.41) is 7.23. The van der Waals surface area contributed by atoms with Gasteiger partial charge in [0, 0.05) is 39.4 Å². The number of sulfonamides is 1. The van der Waals surface area contributed by atoms with Gasteiger partial charge in [-0.25, -0.2) is 23.6 Å². The Morgan fingerprint density at radius 3 is 2.54 bits per heavy atom. The molecule has 3 rings (SSSR count). The second-order valence-corrected chi connectivity index (χ2v) is 9.27. The van der Waals surface area contributed by atoms with Crippen LogP contribution >= 0.6 is 0 Å². The lowest BCUT2D eigenvalue weighted by Gasteiger charge is -2.13. The van der Waals surface area contributed by atoms with Gasteiger partial charge in [-0.1, -0.05) is 12.1 Å². The molecule has 1 aromatic heterocycles. The summed E-state index contributed by atoms with van der Waals surface area (Å²) >= 11 is 0. The number of hydrogen-bond donors (Lipinski definition) is 3. The number of amides is 1. The van der Waals surface area contributed by atoms with Gasteiger partial charge in [0.15, 0.2) is 0 Å². The Morgan fingerprint density at radius 2 is 1.96 bits per heavy atom. The van der Waals surface area contributed by atoms with E-state index >= 15 is 0 Å². The number of carbonyl (C=O) groups excluding carboxylic acids is 1. The third kappa shape index (κ3) is 4.25. The van der Waals surface area contributed by atoms with E-state index in [0.29, 0.717) is 13.0 Å². The van der Waals surface area contributed by atoms with E-state index in [-0.39, 0.29) is 22.9 Å². The molecule has 1 fully saturated rings. The molecule has 1 amide bonds. The van der Waals surface area contributed by atoms with Crippen molar-refractivity contribution in [2.75, 3.05) is 14.1 Å². The molecule has 2 heterocycles. The Kier molecular flexibility index (Phi) is 5.84. The summed E-state index contributed by atoms with van der Waals surface area (Å²) in [5.41, 5.74) is 9.03. The summed E-state index contributed by atoms with van der Waals surface area (Å²) in [7, 11) is 1.41. The summed E-state index contributed by atoms with van der Waals surface area (Å²) in [6, 6.07) is 6.19. The van der Waals surface area contributed by atoms with Gasteiger partial charge in [-0.15, -0.1) is 0 Å². The first-order chi connectivity index (χ1) is 13.2. The van der Waals surface area contributed by atoms with Crippen molar-refractivity contribution in [3.63, 3.8) is 0 Å². The molecule has 0 spiro atoms. The van der Waals surface area contributed by atoms with Crippen LogP contribution in [0.5, 0.6) is 0 Å². The normalized spacial score (nSPS) is 19.9. The molecule has 2 atom stereocenters. The molecular formula is C18H26N6O3S. The predicted molar refractivity (Wildman–Crippen MR) is 105 cm³/mol. The van der Waals surface area contributed by atoms with E-state index in [1.165, 1.54) is 18.4 Å². The molecule has 1 aliphatic rings. The van der Waals surface area contributed by atoms with Crippen LogP contribution in [0.3, 0.4) is 0 Å². The number of aryl methyl sites for hydroxylation is 2. The molecule has 0 saturated carbocycles. The minimum Gasteiger partial charge on any atom is -0.351 e. The lowest BCUT2D eigenvalue weighted by Crippen LogP contribution is -2.42. The van der Waals surface area contributed by atoms with Gasteiger partial charge in [0.1, 0.15) is 6.04 Å². The molecule has 0 aliphatic carbocycles. The van der Waals surface area contributed by atoms with Gasteiger partial charge in [0.05, 0.1) is 16.6 Å². The third-order valence-electron chi connectivity index (χ3n) is 4.82. The molecule has 1 aliphatic heterocycles. The second kappa shape index (κ2) is 8.00. The summed E-state index contributed by atoms with van der Waals surface area (Å²) in [5.74, 6) is -0.110. The van der Waals surface area contributed by atoms with Crippen LogP contribution < -0.4 is 16.2 Å². The van der Waals surface area contributed by atoms with Crippen molar-refractivity contribution in [2.24, 2.45) is 7.05 Å².